The summed E-state index contributed by atoms with van der Waals surface area (Å²) in [4.78, 5) is 11.2. The molecule has 2 rings (SSSR count). The zero-order valence-corrected chi connectivity index (χ0v) is 12.5. The lowest BCUT2D eigenvalue weighted by molar-refractivity contribution is -0.183. The summed E-state index contributed by atoms with van der Waals surface area (Å²) in [5.41, 5.74) is 7.47. The van der Waals surface area contributed by atoms with Crippen LogP contribution in [0.2, 0.25) is 0 Å². The molecule has 1 aliphatic rings. The third-order valence-electron chi connectivity index (χ3n) is 4.41. The van der Waals surface area contributed by atoms with Gasteiger partial charge in [0.25, 0.3) is 0 Å². The van der Waals surface area contributed by atoms with Crippen molar-refractivity contribution in [3.05, 3.63) is 29.3 Å². The molecule has 22 heavy (non-hydrogen) atoms. The number of rotatable bonds is 4. The van der Waals surface area contributed by atoms with E-state index in [2.05, 4.69) is 5.32 Å². The van der Waals surface area contributed by atoms with Gasteiger partial charge in [0.05, 0.1) is 5.92 Å². The summed E-state index contributed by atoms with van der Waals surface area (Å²) in [5.74, 6) is -1.41. The minimum Gasteiger partial charge on any atom is -0.385 e. The highest BCUT2D eigenvalue weighted by atomic mass is 19.4. The number of halogens is 3. The lowest BCUT2D eigenvalue weighted by Gasteiger charge is -2.30. The number of benzene rings is 1. The Balaban J connectivity index is 1.89. The molecule has 1 fully saturated rings. The molecule has 1 aliphatic carbocycles. The SMILES string of the molecule is Cc1ccc(C(N)=O)cc1NCC1CCC(C(F)(F)F)CC1. The van der Waals surface area contributed by atoms with Crippen LogP contribution in [0.25, 0.3) is 0 Å². The van der Waals surface area contributed by atoms with Crippen molar-refractivity contribution in [1.82, 2.24) is 0 Å². The van der Waals surface area contributed by atoms with Gasteiger partial charge in [0.1, 0.15) is 0 Å². The first kappa shape index (κ1) is 16.6. The summed E-state index contributed by atoms with van der Waals surface area (Å²) in [6, 6.07) is 5.17. The number of nitrogens with two attached hydrogens (primary N) is 1. The first-order valence-corrected chi connectivity index (χ1v) is 7.48. The molecule has 0 aliphatic heterocycles. The van der Waals surface area contributed by atoms with Crippen molar-refractivity contribution in [2.45, 2.75) is 38.8 Å². The summed E-state index contributed by atoms with van der Waals surface area (Å²) in [5, 5.41) is 3.24. The van der Waals surface area contributed by atoms with Gasteiger partial charge >= 0.3 is 6.18 Å². The van der Waals surface area contributed by atoms with E-state index in [1.54, 1.807) is 12.1 Å². The highest BCUT2D eigenvalue weighted by Gasteiger charge is 2.41. The highest BCUT2D eigenvalue weighted by molar-refractivity contribution is 5.94. The van der Waals surface area contributed by atoms with Crippen molar-refractivity contribution in [2.75, 3.05) is 11.9 Å². The predicted octanol–water partition coefficient (Wildman–Crippen LogP) is 3.87. The zero-order valence-electron chi connectivity index (χ0n) is 12.5. The number of alkyl halides is 3. The Labute approximate surface area is 128 Å². The van der Waals surface area contributed by atoms with Crippen LogP contribution in [0.3, 0.4) is 0 Å². The molecule has 0 radical (unpaired) electrons. The van der Waals surface area contributed by atoms with Crippen LogP contribution in [0.1, 0.15) is 41.6 Å². The van der Waals surface area contributed by atoms with Gasteiger partial charge in [0.15, 0.2) is 0 Å². The van der Waals surface area contributed by atoms with Gasteiger partial charge in [0.2, 0.25) is 5.91 Å². The van der Waals surface area contributed by atoms with Crippen LogP contribution in [0, 0.1) is 18.8 Å². The number of hydrogen-bond acceptors (Lipinski definition) is 2. The van der Waals surface area contributed by atoms with Gasteiger partial charge in [-0.2, -0.15) is 13.2 Å². The lowest BCUT2D eigenvalue weighted by Crippen LogP contribution is -2.29. The number of carbonyl (C=O) groups is 1. The number of hydrogen-bond donors (Lipinski definition) is 2. The molecule has 0 bridgehead atoms. The molecule has 3 N–H and O–H groups in total. The van der Waals surface area contributed by atoms with Gasteiger partial charge in [-0.1, -0.05) is 6.07 Å². The van der Waals surface area contributed by atoms with E-state index in [9.17, 15) is 18.0 Å². The van der Waals surface area contributed by atoms with E-state index in [1.165, 1.54) is 0 Å². The van der Waals surface area contributed by atoms with E-state index in [1.807, 2.05) is 13.0 Å². The molecule has 1 aromatic carbocycles. The molecule has 6 heteroatoms. The van der Waals surface area contributed by atoms with Crippen molar-refractivity contribution in [2.24, 2.45) is 17.6 Å². The molecule has 0 saturated heterocycles. The second-order valence-corrected chi connectivity index (χ2v) is 6.03. The van der Waals surface area contributed by atoms with E-state index >= 15 is 0 Å². The van der Waals surface area contributed by atoms with Gasteiger partial charge in [0, 0.05) is 17.8 Å². The van der Waals surface area contributed by atoms with Crippen molar-refractivity contribution in [1.29, 1.82) is 0 Å². The third-order valence-corrected chi connectivity index (χ3v) is 4.41. The highest BCUT2D eigenvalue weighted by Crippen LogP contribution is 2.39. The second kappa shape index (κ2) is 6.58. The van der Waals surface area contributed by atoms with E-state index in [4.69, 9.17) is 5.73 Å². The maximum absolute atomic E-state index is 12.6. The standard InChI is InChI=1S/C16H21F3N2O/c1-10-2-5-12(15(20)22)8-14(10)21-9-11-3-6-13(7-4-11)16(17,18)19/h2,5,8,11,13,21H,3-4,6-7,9H2,1H3,(H2,20,22). The quantitative estimate of drug-likeness (QED) is 0.886. The van der Waals surface area contributed by atoms with Gasteiger partial charge in [-0.15, -0.1) is 0 Å². The fraction of sp³-hybridized carbons (Fsp3) is 0.562. The van der Waals surface area contributed by atoms with Crippen LogP contribution in [-0.4, -0.2) is 18.6 Å². The maximum atomic E-state index is 12.6. The Morgan fingerprint density at radius 2 is 1.91 bits per heavy atom. The smallest absolute Gasteiger partial charge is 0.385 e. The Hall–Kier alpha value is -1.72. The average Bonchev–Trinajstić information content (AvgIpc) is 2.45. The minimum absolute atomic E-state index is 0.205. The monoisotopic (exact) mass is 314 g/mol. The topological polar surface area (TPSA) is 55.1 Å². The van der Waals surface area contributed by atoms with Crippen molar-refractivity contribution < 1.29 is 18.0 Å². The average molecular weight is 314 g/mol. The first-order valence-electron chi connectivity index (χ1n) is 7.48. The molecule has 0 spiro atoms. The largest absolute Gasteiger partial charge is 0.391 e. The van der Waals surface area contributed by atoms with Crippen molar-refractivity contribution >= 4 is 11.6 Å². The zero-order chi connectivity index (χ0) is 16.3. The fourth-order valence-electron chi connectivity index (χ4n) is 2.91. The predicted molar refractivity (Wildman–Crippen MR) is 79.7 cm³/mol. The molecule has 1 saturated carbocycles. The summed E-state index contributed by atoms with van der Waals surface area (Å²) in [6.07, 6.45) is -2.51. The molecule has 0 unspecified atom stereocenters. The Bertz CT molecular complexity index is 535. The molecule has 1 amide bonds. The summed E-state index contributed by atoms with van der Waals surface area (Å²) in [7, 11) is 0. The molecule has 3 nitrogen and oxygen atoms in total. The third kappa shape index (κ3) is 4.15. The first-order chi connectivity index (χ1) is 10.3. The Morgan fingerprint density at radius 1 is 1.27 bits per heavy atom. The van der Waals surface area contributed by atoms with E-state index in [0.717, 1.165) is 11.3 Å². The van der Waals surface area contributed by atoms with Crippen LogP contribution in [0.15, 0.2) is 18.2 Å². The number of aryl methyl sites for hydroxylation is 1. The van der Waals surface area contributed by atoms with Gasteiger partial charge in [-0.05, 0) is 56.2 Å². The minimum atomic E-state index is -4.06. The van der Waals surface area contributed by atoms with Crippen LogP contribution >= 0.6 is 0 Å². The molecule has 0 aromatic heterocycles. The number of amides is 1. The van der Waals surface area contributed by atoms with Gasteiger partial charge < -0.3 is 11.1 Å². The van der Waals surface area contributed by atoms with Crippen molar-refractivity contribution in [3.63, 3.8) is 0 Å². The van der Waals surface area contributed by atoms with E-state index in [-0.39, 0.29) is 18.8 Å². The van der Waals surface area contributed by atoms with E-state index < -0.39 is 18.0 Å². The van der Waals surface area contributed by atoms with E-state index in [0.29, 0.717) is 24.9 Å². The number of primary amides is 1. The van der Waals surface area contributed by atoms with Crippen molar-refractivity contribution in [3.8, 4) is 0 Å². The number of anilines is 1. The molecule has 1 aromatic rings. The summed E-state index contributed by atoms with van der Waals surface area (Å²) >= 11 is 0. The van der Waals surface area contributed by atoms with Crippen LogP contribution in [0.5, 0.6) is 0 Å². The van der Waals surface area contributed by atoms with Crippen LogP contribution in [-0.2, 0) is 0 Å². The summed E-state index contributed by atoms with van der Waals surface area (Å²) < 4.78 is 37.9. The fourth-order valence-corrected chi connectivity index (χ4v) is 2.91. The van der Waals surface area contributed by atoms with Gasteiger partial charge in [-0.25, -0.2) is 0 Å². The molecular weight excluding hydrogens is 293 g/mol. The molecular formula is C16H21F3N2O. The van der Waals surface area contributed by atoms with Crippen LogP contribution in [0.4, 0.5) is 18.9 Å². The normalized spacial score (nSPS) is 22.4. The molecule has 0 heterocycles. The second-order valence-electron chi connectivity index (χ2n) is 6.03. The lowest BCUT2D eigenvalue weighted by atomic mass is 9.81. The molecule has 122 valence electrons. The maximum Gasteiger partial charge on any atom is 0.391 e. The summed E-state index contributed by atoms with van der Waals surface area (Å²) in [6.45, 7) is 2.53. The Morgan fingerprint density at radius 3 is 2.45 bits per heavy atom. The van der Waals surface area contributed by atoms with Crippen LogP contribution < -0.4 is 11.1 Å². The van der Waals surface area contributed by atoms with Gasteiger partial charge in [-0.3, -0.25) is 4.79 Å². The molecule has 0 atom stereocenters. The number of carbonyl (C=O) groups excluding carboxylic acids is 1. The number of nitrogens with one attached hydrogen (secondary N) is 1. The Kier molecular flexibility index (Phi) is 4.98.